The molecule has 0 radical (unpaired) electrons. The Kier molecular flexibility index (Phi) is 6.83. The summed E-state index contributed by atoms with van der Waals surface area (Å²) in [4.78, 5) is 25.3. The van der Waals surface area contributed by atoms with Gasteiger partial charge in [-0.3, -0.25) is 19.5 Å². The number of aromatic nitrogens is 3. The van der Waals surface area contributed by atoms with E-state index in [0.717, 1.165) is 31.6 Å². The molecule has 1 aliphatic heterocycles. The fourth-order valence-corrected chi connectivity index (χ4v) is 4.53. The number of benzene rings is 2. The Morgan fingerprint density at radius 2 is 1.91 bits per heavy atom. The second kappa shape index (κ2) is 9.76. The zero-order chi connectivity index (χ0) is 22.7. The van der Waals surface area contributed by atoms with E-state index in [1.807, 2.05) is 22.8 Å². The summed E-state index contributed by atoms with van der Waals surface area (Å²) in [6.07, 6.45) is 2.14. The van der Waals surface area contributed by atoms with Gasteiger partial charge in [0.15, 0.2) is 5.16 Å². The first kappa shape index (κ1) is 22.4. The summed E-state index contributed by atoms with van der Waals surface area (Å²) in [7, 11) is 0. The van der Waals surface area contributed by atoms with Crippen molar-refractivity contribution in [1.82, 2.24) is 14.8 Å². The molecule has 1 aromatic heterocycles. The summed E-state index contributed by atoms with van der Waals surface area (Å²) in [5, 5.41) is 23.7. The normalized spacial score (nSPS) is 13.4. The fourth-order valence-electron chi connectivity index (χ4n) is 3.40. The molecule has 32 heavy (non-hydrogen) atoms. The van der Waals surface area contributed by atoms with Crippen LogP contribution in [0.2, 0.25) is 10.0 Å². The number of para-hydroxylation sites is 1. The minimum atomic E-state index is -0.592. The Morgan fingerprint density at radius 3 is 2.62 bits per heavy atom. The van der Waals surface area contributed by atoms with E-state index in [0.29, 0.717) is 16.1 Å². The highest BCUT2D eigenvalue weighted by Crippen LogP contribution is 2.32. The van der Waals surface area contributed by atoms with Gasteiger partial charge in [-0.2, -0.15) is 0 Å². The molecule has 0 aliphatic carbocycles. The van der Waals surface area contributed by atoms with Gasteiger partial charge in [-0.05, 0) is 37.1 Å². The van der Waals surface area contributed by atoms with Crippen molar-refractivity contribution in [2.24, 2.45) is 0 Å². The predicted molar refractivity (Wildman–Crippen MR) is 125 cm³/mol. The van der Waals surface area contributed by atoms with E-state index >= 15 is 0 Å². The lowest BCUT2D eigenvalue weighted by Gasteiger charge is -2.19. The molecule has 166 valence electrons. The summed E-state index contributed by atoms with van der Waals surface area (Å²) in [5.74, 6) is 0.228. The number of rotatable bonds is 7. The van der Waals surface area contributed by atoms with Crippen molar-refractivity contribution in [3.8, 4) is 5.69 Å². The van der Waals surface area contributed by atoms with E-state index < -0.39 is 10.8 Å². The van der Waals surface area contributed by atoms with Crippen molar-refractivity contribution in [3.63, 3.8) is 0 Å². The molecule has 0 atom stereocenters. The smallest absolute Gasteiger partial charge is 0.294 e. The predicted octanol–water partition coefficient (Wildman–Crippen LogP) is 4.81. The van der Waals surface area contributed by atoms with E-state index in [-0.39, 0.29) is 22.2 Å². The van der Waals surface area contributed by atoms with Crippen molar-refractivity contribution < 1.29 is 9.72 Å². The van der Waals surface area contributed by atoms with Gasteiger partial charge in [0.1, 0.15) is 5.69 Å². The summed E-state index contributed by atoms with van der Waals surface area (Å²) < 4.78 is 1.84. The molecule has 2 aromatic carbocycles. The number of hydrogen-bond donors (Lipinski definition) is 1. The number of carbonyl (C=O) groups is 1. The molecule has 0 saturated carbocycles. The van der Waals surface area contributed by atoms with Crippen molar-refractivity contribution in [3.05, 3.63) is 62.6 Å². The molecule has 0 unspecified atom stereocenters. The van der Waals surface area contributed by atoms with Gasteiger partial charge in [0, 0.05) is 24.2 Å². The first-order chi connectivity index (χ1) is 15.4. The Labute approximate surface area is 197 Å². The number of amides is 1. The van der Waals surface area contributed by atoms with Gasteiger partial charge in [-0.1, -0.05) is 47.1 Å². The minimum Gasteiger partial charge on any atom is -0.341 e. The standard InChI is InChI=1S/C20H18Cl2N6O3S/c21-13-7-8-15(17(11-13)28(30)31)23-18(29)12-32-20-25-24-19(26-9-3-4-10-26)27(20)16-6-2-1-5-14(16)22/h1-2,5-8,11H,3-4,9-10,12H2,(H,23,29). The lowest BCUT2D eigenvalue weighted by atomic mass is 10.2. The molecule has 1 saturated heterocycles. The average molecular weight is 493 g/mol. The summed E-state index contributed by atoms with van der Waals surface area (Å²) in [6.45, 7) is 1.74. The highest BCUT2D eigenvalue weighted by Gasteiger charge is 2.24. The largest absolute Gasteiger partial charge is 0.341 e. The van der Waals surface area contributed by atoms with Gasteiger partial charge in [0.25, 0.3) is 5.69 Å². The van der Waals surface area contributed by atoms with E-state index in [2.05, 4.69) is 20.4 Å². The summed E-state index contributed by atoms with van der Waals surface area (Å²) in [6, 6.07) is 11.4. The van der Waals surface area contributed by atoms with Crippen LogP contribution in [0.1, 0.15) is 12.8 Å². The number of nitro benzene ring substituents is 1. The van der Waals surface area contributed by atoms with Crippen LogP contribution in [-0.4, -0.2) is 44.4 Å². The highest BCUT2D eigenvalue weighted by molar-refractivity contribution is 7.99. The molecule has 1 N–H and O–H groups in total. The van der Waals surface area contributed by atoms with Crippen molar-refractivity contribution in [2.75, 3.05) is 29.1 Å². The second-order valence-corrected chi connectivity index (χ2v) is 8.81. The Bertz CT molecular complexity index is 1170. The van der Waals surface area contributed by atoms with Crippen LogP contribution in [0.5, 0.6) is 0 Å². The van der Waals surface area contributed by atoms with Gasteiger partial charge in [0.05, 0.1) is 21.4 Å². The molecular weight excluding hydrogens is 475 g/mol. The van der Waals surface area contributed by atoms with Crippen LogP contribution in [0.15, 0.2) is 47.6 Å². The van der Waals surface area contributed by atoms with Crippen molar-refractivity contribution >= 4 is 58.2 Å². The molecule has 1 fully saturated rings. The van der Waals surface area contributed by atoms with E-state index in [1.54, 1.807) is 6.07 Å². The number of nitrogens with zero attached hydrogens (tertiary/aromatic N) is 5. The zero-order valence-corrected chi connectivity index (χ0v) is 19.0. The Hall–Kier alpha value is -2.82. The lowest BCUT2D eigenvalue weighted by Crippen LogP contribution is -2.22. The number of nitrogens with one attached hydrogen (secondary N) is 1. The van der Waals surface area contributed by atoms with E-state index in [4.69, 9.17) is 23.2 Å². The molecule has 0 bridgehead atoms. The molecule has 0 spiro atoms. The number of carbonyl (C=O) groups excluding carboxylic acids is 1. The molecule has 9 nitrogen and oxygen atoms in total. The third kappa shape index (κ3) is 4.82. The molecule has 2 heterocycles. The quantitative estimate of drug-likeness (QED) is 0.286. The molecule has 1 aliphatic rings. The first-order valence-corrected chi connectivity index (χ1v) is 11.5. The molecule has 12 heteroatoms. The van der Waals surface area contributed by atoms with Gasteiger partial charge in [-0.15, -0.1) is 10.2 Å². The zero-order valence-electron chi connectivity index (χ0n) is 16.7. The van der Waals surface area contributed by atoms with E-state index in [9.17, 15) is 14.9 Å². The molecule has 4 rings (SSSR count). The van der Waals surface area contributed by atoms with Crippen LogP contribution in [0.25, 0.3) is 5.69 Å². The number of hydrogen-bond acceptors (Lipinski definition) is 7. The Morgan fingerprint density at radius 1 is 1.16 bits per heavy atom. The number of halogens is 2. The molecule has 3 aromatic rings. The van der Waals surface area contributed by atoms with Gasteiger partial charge in [-0.25, -0.2) is 0 Å². The third-order valence-electron chi connectivity index (χ3n) is 4.86. The van der Waals surface area contributed by atoms with Crippen molar-refractivity contribution in [2.45, 2.75) is 18.0 Å². The lowest BCUT2D eigenvalue weighted by molar-refractivity contribution is -0.383. The molecule has 1 amide bonds. The second-order valence-electron chi connectivity index (χ2n) is 7.02. The highest BCUT2D eigenvalue weighted by atomic mass is 35.5. The average Bonchev–Trinajstić information content (AvgIpc) is 3.43. The van der Waals surface area contributed by atoms with Gasteiger partial charge >= 0.3 is 0 Å². The summed E-state index contributed by atoms with van der Waals surface area (Å²) in [5.41, 5.74) is 0.527. The SMILES string of the molecule is O=C(CSc1nnc(N2CCCC2)n1-c1ccccc1Cl)Nc1ccc(Cl)cc1[N+](=O)[O-]. The number of nitro groups is 1. The van der Waals surface area contributed by atoms with Crippen LogP contribution in [0.3, 0.4) is 0 Å². The van der Waals surface area contributed by atoms with Crippen molar-refractivity contribution in [1.29, 1.82) is 0 Å². The summed E-state index contributed by atoms with van der Waals surface area (Å²) >= 11 is 13.4. The number of anilines is 2. The fraction of sp³-hybridized carbons (Fsp3) is 0.250. The monoisotopic (exact) mass is 492 g/mol. The van der Waals surface area contributed by atoms with Crippen LogP contribution in [0, 0.1) is 10.1 Å². The minimum absolute atomic E-state index is 0.0254. The van der Waals surface area contributed by atoms with Gasteiger partial charge < -0.3 is 10.2 Å². The maximum absolute atomic E-state index is 12.5. The maximum Gasteiger partial charge on any atom is 0.294 e. The first-order valence-electron chi connectivity index (χ1n) is 9.76. The van der Waals surface area contributed by atoms with E-state index in [1.165, 1.54) is 30.0 Å². The topological polar surface area (TPSA) is 106 Å². The third-order valence-corrected chi connectivity index (χ3v) is 6.35. The van der Waals surface area contributed by atoms with Crippen LogP contribution in [-0.2, 0) is 4.79 Å². The van der Waals surface area contributed by atoms with Crippen LogP contribution >= 0.6 is 35.0 Å². The number of thioether (sulfide) groups is 1. The van der Waals surface area contributed by atoms with Gasteiger partial charge in [0.2, 0.25) is 11.9 Å². The Balaban J connectivity index is 1.56. The maximum atomic E-state index is 12.5. The molecular formula is C20H18Cl2N6O3S. The van der Waals surface area contributed by atoms with Crippen LogP contribution in [0.4, 0.5) is 17.3 Å². The van der Waals surface area contributed by atoms with Crippen LogP contribution < -0.4 is 10.2 Å².